The summed E-state index contributed by atoms with van der Waals surface area (Å²) in [7, 11) is 0. The molecule has 12 aromatic rings. The van der Waals surface area contributed by atoms with Crippen molar-refractivity contribution in [1.29, 1.82) is 0 Å². The van der Waals surface area contributed by atoms with Crippen LogP contribution in [0.3, 0.4) is 0 Å². The molecule has 0 saturated heterocycles. The molecular weight excluding hydrogens is 697 g/mol. The quantitative estimate of drug-likeness (QED) is 0.123. The van der Waals surface area contributed by atoms with E-state index in [0.29, 0.717) is 0 Å². The van der Waals surface area contributed by atoms with Gasteiger partial charge in [0.1, 0.15) is 0 Å². The fourth-order valence-corrected chi connectivity index (χ4v) is 10.7. The third-order valence-electron chi connectivity index (χ3n) is 13.4. The molecule has 12 aromatic carbocycles. The van der Waals surface area contributed by atoms with Gasteiger partial charge in [0.05, 0.1) is 0 Å². The summed E-state index contributed by atoms with van der Waals surface area (Å²) in [5, 5.41) is 21.0. The molecular formula is C58H38. The van der Waals surface area contributed by atoms with E-state index in [-0.39, 0.29) is 5.41 Å². The first kappa shape index (κ1) is 32.1. The second-order valence-electron chi connectivity index (χ2n) is 17.6. The maximum absolute atomic E-state index is 2.55. The molecule has 0 N–H and O–H groups in total. The lowest BCUT2D eigenvalue weighted by molar-refractivity contribution is 0.591. The minimum absolute atomic E-state index is 0.0269. The van der Waals surface area contributed by atoms with E-state index in [0.717, 1.165) is 0 Å². The van der Waals surface area contributed by atoms with Crippen LogP contribution < -0.4 is 0 Å². The van der Waals surface area contributed by atoms with Crippen LogP contribution in [0.1, 0.15) is 26.3 Å². The van der Waals surface area contributed by atoms with Crippen LogP contribution in [-0.4, -0.2) is 0 Å². The van der Waals surface area contributed by atoms with Crippen LogP contribution in [0.25, 0.3) is 131 Å². The van der Waals surface area contributed by atoms with Gasteiger partial charge in [-0.3, -0.25) is 0 Å². The maximum Gasteiger partial charge on any atom is -0.000719 e. The predicted octanol–water partition coefficient (Wildman–Crippen LogP) is 16.6. The van der Waals surface area contributed by atoms with Gasteiger partial charge in [0.2, 0.25) is 0 Å². The Hall–Kier alpha value is -7.02. The van der Waals surface area contributed by atoms with Crippen LogP contribution in [0.4, 0.5) is 0 Å². The zero-order valence-corrected chi connectivity index (χ0v) is 32.7. The molecule has 0 unspecified atom stereocenters. The summed E-state index contributed by atoms with van der Waals surface area (Å²) < 4.78 is 0. The largest absolute Gasteiger partial charge is 0.0622 e. The van der Waals surface area contributed by atoms with E-state index in [1.165, 1.54) is 136 Å². The number of rotatable bonds is 2. The van der Waals surface area contributed by atoms with Gasteiger partial charge in [-0.2, -0.15) is 0 Å². The first-order valence-electron chi connectivity index (χ1n) is 20.6. The Morgan fingerprint density at radius 2 is 0.759 bits per heavy atom. The van der Waals surface area contributed by atoms with Gasteiger partial charge in [0.15, 0.2) is 0 Å². The predicted molar refractivity (Wildman–Crippen MR) is 252 cm³/mol. The molecule has 0 nitrogen and oxygen atoms in total. The van der Waals surface area contributed by atoms with Gasteiger partial charge in [0, 0.05) is 0 Å². The highest BCUT2D eigenvalue weighted by atomic mass is 14.4. The van der Waals surface area contributed by atoms with Crippen molar-refractivity contribution in [1.82, 2.24) is 0 Å². The van der Waals surface area contributed by atoms with Crippen LogP contribution in [0.2, 0.25) is 0 Å². The van der Waals surface area contributed by atoms with Crippen molar-refractivity contribution in [3.05, 3.63) is 181 Å². The smallest absolute Gasteiger partial charge is 0.000719 e. The van der Waals surface area contributed by atoms with Crippen molar-refractivity contribution in [2.45, 2.75) is 26.2 Å². The van der Waals surface area contributed by atoms with Crippen molar-refractivity contribution < 1.29 is 0 Å². The molecule has 58 heavy (non-hydrogen) atoms. The zero-order valence-electron chi connectivity index (χ0n) is 32.7. The van der Waals surface area contributed by atoms with Gasteiger partial charge in [0.25, 0.3) is 0 Å². The van der Waals surface area contributed by atoms with Crippen LogP contribution in [0.5, 0.6) is 0 Å². The Bertz CT molecular complexity index is 3730. The Morgan fingerprint density at radius 3 is 1.38 bits per heavy atom. The van der Waals surface area contributed by atoms with E-state index in [2.05, 4.69) is 197 Å². The Labute approximate surface area is 336 Å². The molecule has 0 fully saturated rings. The van der Waals surface area contributed by atoms with Gasteiger partial charge in [-0.25, -0.2) is 0 Å². The number of hydrogen-bond acceptors (Lipinski definition) is 0. The molecule has 1 aliphatic carbocycles. The third kappa shape index (κ3) is 4.24. The van der Waals surface area contributed by atoms with Crippen LogP contribution >= 0.6 is 0 Å². The van der Waals surface area contributed by atoms with Gasteiger partial charge in [-0.15, -0.1) is 0 Å². The minimum atomic E-state index is 0.0269. The Morgan fingerprint density at radius 1 is 0.276 bits per heavy atom. The van der Waals surface area contributed by atoms with Crippen molar-refractivity contribution in [2.75, 3.05) is 0 Å². The van der Waals surface area contributed by atoms with E-state index in [1.807, 2.05) is 0 Å². The normalized spacial score (nSPS) is 12.7. The molecule has 0 aromatic heterocycles. The molecule has 13 rings (SSSR count). The van der Waals surface area contributed by atoms with Crippen molar-refractivity contribution in [3.8, 4) is 44.5 Å². The molecule has 0 saturated carbocycles. The lowest BCUT2D eigenvalue weighted by Gasteiger charge is -2.22. The summed E-state index contributed by atoms with van der Waals surface area (Å²) in [4.78, 5) is 0. The molecule has 0 aliphatic heterocycles. The average molecular weight is 735 g/mol. The summed E-state index contributed by atoms with van der Waals surface area (Å²) in [5.74, 6) is 0. The fourth-order valence-electron chi connectivity index (χ4n) is 10.7. The monoisotopic (exact) mass is 734 g/mol. The second-order valence-corrected chi connectivity index (χ2v) is 17.6. The molecule has 0 spiro atoms. The van der Waals surface area contributed by atoms with E-state index in [9.17, 15) is 0 Å². The summed E-state index contributed by atoms with van der Waals surface area (Å²) in [6.45, 7) is 6.99. The summed E-state index contributed by atoms with van der Waals surface area (Å²) in [5.41, 5.74) is 11.9. The van der Waals surface area contributed by atoms with Gasteiger partial charge in [-0.05, 0) is 172 Å². The molecule has 0 radical (unpaired) electrons. The summed E-state index contributed by atoms with van der Waals surface area (Å²) in [6.07, 6.45) is 0. The highest BCUT2D eigenvalue weighted by molar-refractivity contribution is 6.37. The first-order valence-corrected chi connectivity index (χ1v) is 20.6. The average Bonchev–Trinajstić information content (AvgIpc) is 3.58. The SMILES string of the molecule is CC(C)(C)c1cc2ccc3ccc4c5c(cc(c1)c2c35)-c1c-4c(-c2ccccc2)c2cc3c4ccccc4c4cc5ccccc5cc4c3cc2c1-c1ccccc1. The molecule has 0 atom stereocenters. The van der Waals surface area contributed by atoms with Gasteiger partial charge < -0.3 is 0 Å². The zero-order chi connectivity index (χ0) is 38.4. The topological polar surface area (TPSA) is 0 Å². The molecule has 0 heteroatoms. The Kier molecular flexibility index (Phi) is 6.26. The summed E-state index contributed by atoms with van der Waals surface area (Å²) >= 11 is 0. The standard InChI is InChI=1S/C58H38/c1-58(2,3)40-26-38-23-22-35-24-25-43-55-50(30-39(27-40)51(38)54(35)55)57-53(34-16-8-5-9-17-34)49-32-47-45-29-37-19-11-10-18-36(37)28-44(45)41-20-12-13-21-42(41)46(47)31-48(49)52(56(43)57)33-14-6-4-7-15-33/h4-32H,1-3H3. The number of fused-ring (bicyclic) bond motifs is 11. The maximum atomic E-state index is 2.55. The molecule has 1 aliphatic rings. The van der Waals surface area contributed by atoms with Crippen LogP contribution in [-0.2, 0) is 5.41 Å². The van der Waals surface area contributed by atoms with Crippen LogP contribution in [0.15, 0.2) is 176 Å². The van der Waals surface area contributed by atoms with Crippen molar-refractivity contribution in [3.63, 3.8) is 0 Å². The molecule has 270 valence electrons. The summed E-state index contributed by atoms with van der Waals surface area (Å²) in [6, 6.07) is 67.1. The van der Waals surface area contributed by atoms with E-state index in [4.69, 9.17) is 0 Å². The molecule has 0 heterocycles. The van der Waals surface area contributed by atoms with Gasteiger partial charge in [-0.1, -0.05) is 166 Å². The van der Waals surface area contributed by atoms with Crippen LogP contribution in [0, 0.1) is 0 Å². The lowest BCUT2D eigenvalue weighted by Crippen LogP contribution is -2.10. The van der Waals surface area contributed by atoms with E-state index < -0.39 is 0 Å². The lowest BCUT2D eigenvalue weighted by atomic mass is 9.80. The highest BCUT2D eigenvalue weighted by Gasteiger charge is 2.33. The van der Waals surface area contributed by atoms with E-state index in [1.54, 1.807) is 0 Å². The molecule has 0 amide bonds. The Balaban J connectivity index is 1.30. The van der Waals surface area contributed by atoms with Crippen molar-refractivity contribution >= 4 is 86.2 Å². The first-order chi connectivity index (χ1) is 28.4. The third-order valence-corrected chi connectivity index (χ3v) is 13.4. The van der Waals surface area contributed by atoms with Gasteiger partial charge >= 0.3 is 0 Å². The molecule has 0 bridgehead atoms. The number of benzene rings is 12. The highest BCUT2D eigenvalue weighted by Crippen LogP contribution is 2.60. The fraction of sp³-hybridized carbons (Fsp3) is 0.0690. The number of hydrogen-bond donors (Lipinski definition) is 0. The minimum Gasteiger partial charge on any atom is -0.0622 e. The van der Waals surface area contributed by atoms with Crippen molar-refractivity contribution in [2.24, 2.45) is 0 Å². The van der Waals surface area contributed by atoms with E-state index >= 15 is 0 Å². The second kappa shape index (κ2) is 11.3.